The molecule has 0 N–H and O–H groups in total. The largest absolute Gasteiger partial charge is 0.457 e. The minimum absolute atomic E-state index is 0.0755. The molecule has 26 heavy (non-hydrogen) atoms. The standard InChI is InChI=1S/C19H17F4NO2/c20-14-7-9-15(10-8-14)26-16-5-3-4-13(12-16)18(25)24-11-2-1-6-17(24)19(21,22)23/h3-5,7-10,12,17H,1-2,6,11H2. The lowest BCUT2D eigenvalue weighted by Crippen LogP contribution is -2.51. The van der Waals surface area contributed by atoms with E-state index in [4.69, 9.17) is 4.74 Å². The Bertz CT molecular complexity index is 774. The molecule has 0 spiro atoms. The van der Waals surface area contributed by atoms with Crippen LogP contribution in [-0.4, -0.2) is 29.6 Å². The molecule has 1 amide bonds. The summed E-state index contributed by atoms with van der Waals surface area (Å²) in [5.41, 5.74) is 0.126. The first-order valence-electron chi connectivity index (χ1n) is 8.26. The van der Waals surface area contributed by atoms with Gasteiger partial charge in [-0.05, 0) is 61.7 Å². The van der Waals surface area contributed by atoms with Crippen molar-refractivity contribution in [1.29, 1.82) is 0 Å². The number of benzene rings is 2. The van der Waals surface area contributed by atoms with Gasteiger partial charge in [0.15, 0.2) is 0 Å². The Hall–Kier alpha value is -2.57. The van der Waals surface area contributed by atoms with E-state index in [0.717, 1.165) is 4.90 Å². The van der Waals surface area contributed by atoms with Crippen LogP contribution in [0.2, 0.25) is 0 Å². The number of rotatable bonds is 3. The Balaban J connectivity index is 1.80. The van der Waals surface area contributed by atoms with Crippen molar-refractivity contribution in [2.75, 3.05) is 6.54 Å². The minimum atomic E-state index is -4.45. The average Bonchev–Trinajstić information content (AvgIpc) is 2.62. The number of ether oxygens (including phenoxy) is 1. The van der Waals surface area contributed by atoms with Gasteiger partial charge in [-0.2, -0.15) is 13.2 Å². The molecular weight excluding hydrogens is 350 g/mol. The van der Waals surface area contributed by atoms with Crippen molar-refractivity contribution in [1.82, 2.24) is 4.90 Å². The van der Waals surface area contributed by atoms with Crippen molar-refractivity contribution < 1.29 is 27.1 Å². The highest BCUT2D eigenvalue weighted by molar-refractivity contribution is 5.95. The van der Waals surface area contributed by atoms with Gasteiger partial charge in [0.25, 0.3) is 5.91 Å². The highest BCUT2D eigenvalue weighted by atomic mass is 19.4. The average molecular weight is 367 g/mol. The van der Waals surface area contributed by atoms with Gasteiger partial charge in [-0.15, -0.1) is 0 Å². The summed E-state index contributed by atoms with van der Waals surface area (Å²) in [5, 5.41) is 0. The molecule has 1 aliphatic rings. The lowest BCUT2D eigenvalue weighted by Gasteiger charge is -2.36. The number of hydrogen-bond acceptors (Lipinski definition) is 2. The predicted molar refractivity (Wildman–Crippen MR) is 87.6 cm³/mol. The Labute approximate surface area is 148 Å². The van der Waals surface area contributed by atoms with Crippen LogP contribution in [0.1, 0.15) is 29.6 Å². The third-order valence-electron chi connectivity index (χ3n) is 4.27. The maximum atomic E-state index is 13.2. The topological polar surface area (TPSA) is 29.5 Å². The van der Waals surface area contributed by atoms with E-state index in [-0.39, 0.29) is 18.5 Å². The number of hydrogen-bond donors (Lipinski definition) is 0. The van der Waals surface area contributed by atoms with Crippen molar-refractivity contribution in [2.24, 2.45) is 0 Å². The van der Waals surface area contributed by atoms with Crippen LogP contribution < -0.4 is 4.74 Å². The number of likely N-dealkylation sites (tertiary alicyclic amines) is 1. The lowest BCUT2D eigenvalue weighted by atomic mass is 10.0. The molecule has 0 saturated carbocycles. The van der Waals surface area contributed by atoms with Crippen LogP contribution in [-0.2, 0) is 0 Å². The molecule has 1 fully saturated rings. The van der Waals surface area contributed by atoms with E-state index in [1.165, 1.54) is 36.4 Å². The number of carbonyl (C=O) groups is 1. The Kier molecular flexibility index (Phi) is 5.15. The molecule has 138 valence electrons. The van der Waals surface area contributed by atoms with E-state index < -0.39 is 23.9 Å². The fourth-order valence-corrected chi connectivity index (χ4v) is 3.01. The number of piperidine rings is 1. The van der Waals surface area contributed by atoms with Gasteiger partial charge < -0.3 is 9.64 Å². The quantitative estimate of drug-likeness (QED) is 0.700. The van der Waals surface area contributed by atoms with Crippen molar-refractivity contribution in [3.05, 3.63) is 59.9 Å². The van der Waals surface area contributed by atoms with Gasteiger partial charge in [0.05, 0.1) is 0 Å². The normalized spacial score (nSPS) is 17.8. The minimum Gasteiger partial charge on any atom is -0.457 e. The second-order valence-corrected chi connectivity index (χ2v) is 6.14. The van der Waals surface area contributed by atoms with Gasteiger partial charge in [0.2, 0.25) is 0 Å². The number of nitrogens with zero attached hydrogens (tertiary/aromatic N) is 1. The third kappa shape index (κ3) is 4.15. The maximum absolute atomic E-state index is 13.2. The number of amides is 1. The van der Waals surface area contributed by atoms with Gasteiger partial charge in [0.1, 0.15) is 23.4 Å². The van der Waals surface area contributed by atoms with Gasteiger partial charge in [0, 0.05) is 12.1 Å². The summed E-state index contributed by atoms with van der Waals surface area (Å²) in [5.74, 6) is -0.425. The third-order valence-corrected chi connectivity index (χ3v) is 4.27. The van der Waals surface area contributed by atoms with Crippen LogP contribution >= 0.6 is 0 Å². The van der Waals surface area contributed by atoms with E-state index in [9.17, 15) is 22.4 Å². The van der Waals surface area contributed by atoms with E-state index in [2.05, 4.69) is 0 Å². The molecule has 1 aliphatic heterocycles. The van der Waals surface area contributed by atoms with Crippen molar-refractivity contribution >= 4 is 5.91 Å². The molecule has 0 bridgehead atoms. The molecule has 1 atom stereocenters. The molecule has 1 unspecified atom stereocenters. The first kappa shape index (κ1) is 18.2. The smallest absolute Gasteiger partial charge is 0.408 e. The van der Waals surface area contributed by atoms with Crippen LogP contribution in [0.5, 0.6) is 11.5 Å². The molecule has 3 nitrogen and oxygen atoms in total. The summed E-state index contributed by atoms with van der Waals surface area (Å²) in [4.78, 5) is 13.5. The Morgan fingerprint density at radius 1 is 1.04 bits per heavy atom. The van der Waals surface area contributed by atoms with E-state index >= 15 is 0 Å². The molecule has 1 saturated heterocycles. The molecule has 0 radical (unpaired) electrons. The molecule has 0 aromatic heterocycles. The molecule has 2 aromatic rings. The predicted octanol–water partition coefficient (Wildman–Crippen LogP) is 5.18. The number of alkyl halides is 3. The zero-order chi connectivity index (χ0) is 18.7. The van der Waals surface area contributed by atoms with Gasteiger partial charge in [-0.25, -0.2) is 4.39 Å². The molecule has 1 heterocycles. The monoisotopic (exact) mass is 367 g/mol. The molecule has 3 rings (SSSR count). The van der Waals surface area contributed by atoms with Crippen LogP contribution in [0, 0.1) is 5.82 Å². The summed E-state index contributed by atoms with van der Waals surface area (Å²) in [7, 11) is 0. The van der Waals surface area contributed by atoms with Gasteiger partial charge in [-0.3, -0.25) is 4.79 Å². The van der Waals surface area contributed by atoms with Crippen LogP contribution in [0.4, 0.5) is 17.6 Å². The van der Waals surface area contributed by atoms with Crippen LogP contribution in [0.25, 0.3) is 0 Å². The van der Waals surface area contributed by atoms with Crippen LogP contribution in [0.15, 0.2) is 48.5 Å². The lowest BCUT2D eigenvalue weighted by molar-refractivity contribution is -0.183. The zero-order valence-corrected chi connectivity index (χ0v) is 13.8. The molecule has 2 aromatic carbocycles. The highest BCUT2D eigenvalue weighted by Crippen LogP contribution is 2.33. The highest BCUT2D eigenvalue weighted by Gasteiger charge is 2.46. The number of halogens is 4. The molecule has 7 heteroatoms. The van der Waals surface area contributed by atoms with Gasteiger partial charge >= 0.3 is 6.18 Å². The second-order valence-electron chi connectivity index (χ2n) is 6.14. The summed E-state index contributed by atoms with van der Waals surface area (Å²) in [6.07, 6.45) is -3.54. The first-order valence-corrected chi connectivity index (χ1v) is 8.26. The summed E-state index contributed by atoms with van der Waals surface area (Å²) < 4.78 is 58.1. The second kappa shape index (κ2) is 7.35. The SMILES string of the molecule is O=C(c1cccc(Oc2ccc(F)cc2)c1)N1CCCCC1C(F)(F)F. The fourth-order valence-electron chi connectivity index (χ4n) is 3.01. The van der Waals surface area contributed by atoms with E-state index in [1.54, 1.807) is 12.1 Å². The summed E-state index contributed by atoms with van der Waals surface area (Å²) in [6.45, 7) is 0.0755. The number of carbonyl (C=O) groups excluding carboxylic acids is 1. The Morgan fingerprint density at radius 2 is 1.77 bits per heavy atom. The molecule has 0 aliphatic carbocycles. The van der Waals surface area contributed by atoms with E-state index in [0.29, 0.717) is 24.3 Å². The van der Waals surface area contributed by atoms with Crippen LogP contribution in [0.3, 0.4) is 0 Å². The van der Waals surface area contributed by atoms with Crippen molar-refractivity contribution in [2.45, 2.75) is 31.5 Å². The summed E-state index contributed by atoms with van der Waals surface area (Å²) >= 11 is 0. The van der Waals surface area contributed by atoms with Crippen molar-refractivity contribution in [3.8, 4) is 11.5 Å². The summed E-state index contributed by atoms with van der Waals surface area (Å²) in [6, 6.07) is 9.52. The molecular formula is C19H17F4NO2. The van der Waals surface area contributed by atoms with E-state index in [1.807, 2.05) is 0 Å². The zero-order valence-electron chi connectivity index (χ0n) is 13.8. The maximum Gasteiger partial charge on any atom is 0.408 e. The first-order chi connectivity index (χ1) is 12.3. The fraction of sp³-hybridized carbons (Fsp3) is 0.316. The Morgan fingerprint density at radius 3 is 2.46 bits per heavy atom. The van der Waals surface area contributed by atoms with Gasteiger partial charge in [-0.1, -0.05) is 6.07 Å². The van der Waals surface area contributed by atoms with Crippen molar-refractivity contribution in [3.63, 3.8) is 0 Å².